The molecule has 0 aliphatic carbocycles. The molecule has 3 aromatic rings. The summed E-state index contributed by atoms with van der Waals surface area (Å²) in [5, 5.41) is 0.547. The number of fused-ring (bicyclic) bond motifs is 1. The first kappa shape index (κ1) is 26.4. The molecule has 0 spiro atoms. The van der Waals surface area contributed by atoms with E-state index in [9.17, 15) is 14.4 Å². The lowest BCUT2D eigenvalue weighted by Crippen LogP contribution is -2.42. The molecule has 0 fully saturated rings. The van der Waals surface area contributed by atoms with Crippen molar-refractivity contribution in [2.75, 3.05) is 20.0 Å². The van der Waals surface area contributed by atoms with Gasteiger partial charge in [0.05, 0.1) is 25.3 Å². The minimum atomic E-state index is -1.02. The molecule has 1 aliphatic heterocycles. The summed E-state index contributed by atoms with van der Waals surface area (Å²) in [7, 11) is 2.36. The van der Waals surface area contributed by atoms with Crippen molar-refractivity contribution in [1.82, 2.24) is 4.57 Å². The average molecular weight is 586 g/mol. The second-order valence-corrected chi connectivity index (χ2v) is 10.3. The molecule has 0 saturated heterocycles. The van der Waals surface area contributed by atoms with Gasteiger partial charge < -0.3 is 15.2 Å². The number of benzene rings is 2. The number of hydrogen-bond donors (Lipinski definition) is 1. The summed E-state index contributed by atoms with van der Waals surface area (Å²) < 4.78 is 11.0. The highest BCUT2D eigenvalue weighted by Crippen LogP contribution is 2.42. The van der Waals surface area contributed by atoms with Crippen LogP contribution < -0.4 is 16.3 Å². The molecule has 0 amide bonds. The van der Waals surface area contributed by atoms with E-state index in [4.69, 9.17) is 61.6 Å². The summed E-state index contributed by atoms with van der Waals surface area (Å²) in [4.78, 5) is 39.7. The molecule has 0 bridgehead atoms. The van der Waals surface area contributed by atoms with Crippen LogP contribution in [0.4, 0.5) is 5.69 Å². The quantitative estimate of drug-likeness (QED) is 0.443. The van der Waals surface area contributed by atoms with Crippen molar-refractivity contribution in [2.45, 2.75) is 5.25 Å². The first-order valence-corrected chi connectivity index (χ1v) is 12.5. The molecule has 36 heavy (non-hydrogen) atoms. The lowest BCUT2D eigenvalue weighted by Gasteiger charge is -2.24. The highest BCUT2D eigenvalue weighted by molar-refractivity contribution is 8.10. The van der Waals surface area contributed by atoms with Crippen LogP contribution in [0.1, 0.15) is 31.7 Å². The number of carbonyl (C=O) groups is 3. The van der Waals surface area contributed by atoms with Gasteiger partial charge in [-0.15, -0.1) is 0 Å². The monoisotopic (exact) mass is 584 g/mol. The van der Waals surface area contributed by atoms with E-state index in [1.165, 1.54) is 19.2 Å². The van der Waals surface area contributed by atoms with Crippen LogP contribution in [-0.4, -0.2) is 36.6 Å². The predicted octanol–water partition coefficient (Wildman–Crippen LogP) is 4.71. The third-order valence-corrected chi connectivity index (χ3v) is 7.81. The molecular weight excluding hydrogens is 570 g/mol. The maximum absolute atomic E-state index is 13.8. The van der Waals surface area contributed by atoms with E-state index in [-0.39, 0.29) is 31.9 Å². The lowest BCUT2D eigenvalue weighted by atomic mass is 10.1. The fraction of sp³-hybridized carbons (Fsp3) is 0.125. The van der Waals surface area contributed by atoms with Crippen molar-refractivity contribution >= 4 is 92.7 Å². The zero-order chi connectivity index (χ0) is 26.3. The Kier molecular flexibility index (Phi) is 7.64. The standard InChI is InChI=1S/C24H16Cl4N2O5S/c1-34-23(32)19-17(29)14(7-10-3-4-11(25)8-15(10)27)18-21(24(33)35-2)36-20(22(31)30(18)19)13-6-5-12(26)9-16(13)28/h3-9,20H,29H2,1-2H3/b14-7+/t20-/m1/s1. The van der Waals surface area contributed by atoms with Gasteiger partial charge in [0.1, 0.15) is 10.2 Å². The third-order valence-electron chi connectivity index (χ3n) is 5.40. The van der Waals surface area contributed by atoms with E-state index in [1.807, 2.05) is 0 Å². The van der Waals surface area contributed by atoms with Crippen molar-refractivity contribution in [3.8, 4) is 0 Å². The van der Waals surface area contributed by atoms with Crippen LogP contribution in [0.5, 0.6) is 0 Å². The molecule has 12 heteroatoms. The third kappa shape index (κ3) is 4.60. The van der Waals surface area contributed by atoms with Crippen LogP contribution in [0.3, 0.4) is 0 Å². The van der Waals surface area contributed by atoms with E-state index in [0.717, 1.165) is 23.4 Å². The number of thioether (sulfide) groups is 1. The Morgan fingerprint density at radius 2 is 1.58 bits per heavy atom. The van der Waals surface area contributed by atoms with Crippen molar-refractivity contribution in [3.63, 3.8) is 0 Å². The summed E-state index contributed by atoms with van der Waals surface area (Å²) >= 11 is 25.7. The van der Waals surface area contributed by atoms with Crippen molar-refractivity contribution in [3.05, 3.63) is 83.9 Å². The zero-order valence-corrected chi connectivity index (χ0v) is 22.4. The first-order chi connectivity index (χ1) is 17.1. The molecule has 1 aliphatic rings. The van der Waals surface area contributed by atoms with E-state index in [0.29, 0.717) is 26.2 Å². The first-order valence-electron chi connectivity index (χ1n) is 10.1. The van der Waals surface area contributed by atoms with Crippen molar-refractivity contribution < 1.29 is 23.9 Å². The Hall–Kier alpha value is -2.62. The topological polar surface area (TPSA) is 101 Å². The Balaban J connectivity index is 2.13. The molecular formula is C24H16Cl4N2O5S. The highest BCUT2D eigenvalue weighted by Gasteiger charge is 2.39. The molecule has 1 atom stereocenters. The largest absolute Gasteiger partial charge is 0.465 e. The zero-order valence-electron chi connectivity index (χ0n) is 18.6. The molecule has 4 rings (SSSR count). The summed E-state index contributed by atoms with van der Waals surface area (Å²) in [6.07, 6.45) is 1.55. The number of ether oxygens (including phenoxy) is 2. The van der Waals surface area contributed by atoms with Gasteiger partial charge in [0, 0.05) is 25.3 Å². The average Bonchev–Trinajstić information content (AvgIpc) is 3.13. The molecule has 7 nitrogen and oxygen atoms in total. The summed E-state index contributed by atoms with van der Waals surface area (Å²) in [6, 6.07) is 9.40. The van der Waals surface area contributed by atoms with Gasteiger partial charge in [-0.05, 0) is 41.5 Å². The SMILES string of the molecule is COC(=O)C1=c2/c(=C/c3ccc(Cl)cc3Cl)c(N)c(C(=O)OC)n2C(=O)[C@@H](c2ccc(Cl)cc2Cl)S1. The summed E-state index contributed by atoms with van der Waals surface area (Å²) in [6.45, 7) is 0. The molecule has 2 N–H and O–H groups in total. The molecule has 0 radical (unpaired) electrons. The van der Waals surface area contributed by atoms with Gasteiger partial charge in [-0.1, -0.05) is 70.3 Å². The van der Waals surface area contributed by atoms with Crippen LogP contribution in [0.25, 0.3) is 11.0 Å². The van der Waals surface area contributed by atoms with Crippen LogP contribution >= 0.6 is 58.2 Å². The Morgan fingerprint density at radius 1 is 0.972 bits per heavy atom. The lowest BCUT2D eigenvalue weighted by molar-refractivity contribution is -0.133. The summed E-state index contributed by atoms with van der Waals surface area (Å²) in [5.74, 6) is -2.18. The van der Waals surface area contributed by atoms with Gasteiger partial charge in [-0.2, -0.15) is 0 Å². The number of carbonyl (C=O) groups excluding carboxylic acids is 3. The van der Waals surface area contributed by atoms with Crippen LogP contribution in [-0.2, 0) is 14.3 Å². The van der Waals surface area contributed by atoms with E-state index in [2.05, 4.69) is 0 Å². The fourth-order valence-electron chi connectivity index (χ4n) is 3.76. The maximum atomic E-state index is 13.8. The Bertz CT molecular complexity index is 1570. The molecule has 2 aromatic carbocycles. The van der Waals surface area contributed by atoms with Gasteiger partial charge in [-0.3, -0.25) is 9.36 Å². The highest BCUT2D eigenvalue weighted by atomic mass is 35.5. The smallest absolute Gasteiger partial charge is 0.357 e. The van der Waals surface area contributed by atoms with E-state index >= 15 is 0 Å². The van der Waals surface area contributed by atoms with Gasteiger partial charge in [0.2, 0.25) is 5.91 Å². The van der Waals surface area contributed by atoms with E-state index < -0.39 is 23.1 Å². The number of nitrogens with two attached hydrogens (primary N) is 1. The number of halogens is 4. The normalized spacial score (nSPS) is 15.6. The number of hydrogen-bond acceptors (Lipinski definition) is 7. The Labute approximate surface area is 229 Å². The second kappa shape index (κ2) is 10.4. The Morgan fingerprint density at radius 3 is 2.17 bits per heavy atom. The number of aromatic nitrogens is 1. The van der Waals surface area contributed by atoms with Crippen molar-refractivity contribution in [1.29, 1.82) is 0 Å². The fourth-order valence-corrected chi connectivity index (χ4v) is 6.07. The van der Waals surface area contributed by atoms with Crippen molar-refractivity contribution in [2.24, 2.45) is 0 Å². The molecule has 1 aromatic heterocycles. The number of methoxy groups -OCH3 is 2. The van der Waals surface area contributed by atoms with Gasteiger partial charge in [0.25, 0.3) is 0 Å². The molecule has 0 unspecified atom stereocenters. The number of nitrogen functional groups attached to an aromatic ring is 1. The molecule has 186 valence electrons. The van der Waals surface area contributed by atoms with E-state index in [1.54, 1.807) is 30.3 Å². The van der Waals surface area contributed by atoms with Gasteiger partial charge in [-0.25, -0.2) is 9.59 Å². The maximum Gasteiger partial charge on any atom is 0.357 e. The number of esters is 2. The number of nitrogens with zero attached hydrogens (tertiary/aromatic N) is 1. The molecule has 0 saturated carbocycles. The number of anilines is 1. The molecule has 2 heterocycles. The van der Waals surface area contributed by atoms with Crippen LogP contribution in [0.15, 0.2) is 36.4 Å². The summed E-state index contributed by atoms with van der Waals surface area (Å²) in [5.41, 5.74) is 6.94. The second-order valence-electron chi connectivity index (χ2n) is 7.48. The van der Waals surface area contributed by atoms with Gasteiger partial charge >= 0.3 is 11.9 Å². The van der Waals surface area contributed by atoms with Crippen LogP contribution in [0, 0.1) is 0 Å². The number of rotatable bonds is 4. The van der Waals surface area contributed by atoms with Gasteiger partial charge in [0.15, 0.2) is 5.69 Å². The minimum absolute atomic E-state index is 0.0336. The predicted molar refractivity (Wildman–Crippen MR) is 142 cm³/mol. The minimum Gasteiger partial charge on any atom is -0.465 e. The van der Waals surface area contributed by atoms with Crippen LogP contribution in [0.2, 0.25) is 20.1 Å².